The molecular formula is C14H14N2O2. The summed E-state index contributed by atoms with van der Waals surface area (Å²) in [5, 5.41) is 0. The van der Waals surface area contributed by atoms with Crippen LogP contribution in [-0.2, 0) is 0 Å². The number of amides is 1. The van der Waals surface area contributed by atoms with Gasteiger partial charge in [0.2, 0.25) is 0 Å². The highest BCUT2D eigenvalue weighted by molar-refractivity contribution is 5.95. The Balaban J connectivity index is 2.34. The molecule has 0 bridgehead atoms. The van der Waals surface area contributed by atoms with E-state index in [-0.39, 0.29) is 0 Å². The van der Waals surface area contributed by atoms with Crippen LogP contribution < -0.4 is 16.2 Å². The highest BCUT2D eigenvalue weighted by atomic mass is 16.5. The number of rotatable bonds is 3. The lowest BCUT2D eigenvalue weighted by atomic mass is 10.2. The summed E-state index contributed by atoms with van der Waals surface area (Å²) < 4.78 is 5.65. The smallest absolute Gasteiger partial charge is 0.252 e. The minimum absolute atomic E-state index is 0.354. The maximum atomic E-state index is 11.3. The normalized spacial score (nSPS) is 10.1. The average Bonchev–Trinajstić information content (AvgIpc) is 2.34. The second-order valence-corrected chi connectivity index (χ2v) is 3.98. The lowest BCUT2D eigenvalue weighted by Gasteiger charge is -2.10. The van der Waals surface area contributed by atoms with Crippen LogP contribution in [0.5, 0.6) is 11.5 Å². The fourth-order valence-electron chi connectivity index (χ4n) is 1.60. The largest absolute Gasteiger partial charge is 0.457 e. The zero-order valence-corrected chi connectivity index (χ0v) is 10.0. The van der Waals surface area contributed by atoms with Crippen molar-refractivity contribution in [3.05, 3.63) is 53.6 Å². The summed E-state index contributed by atoms with van der Waals surface area (Å²) >= 11 is 0. The van der Waals surface area contributed by atoms with Crippen molar-refractivity contribution in [1.82, 2.24) is 0 Å². The third-order valence-corrected chi connectivity index (χ3v) is 2.62. The molecule has 0 spiro atoms. The van der Waals surface area contributed by atoms with Gasteiger partial charge in [-0.25, -0.2) is 0 Å². The molecule has 1 amide bonds. The number of nitrogens with two attached hydrogens (primary N) is 2. The highest BCUT2D eigenvalue weighted by Gasteiger charge is 2.09. The van der Waals surface area contributed by atoms with Crippen molar-refractivity contribution in [2.24, 2.45) is 5.73 Å². The minimum atomic E-state index is -0.516. The number of anilines is 1. The molecule has 18 heavy (non-hydrogen) atoms. The molecule has 0 aromatic heterocycles. The van der Waals surface area contributed by atoms with E-state index in [1.54, 1.807) is 36.4 Å². The van der Waals surface area contributed by atoms with Crippen LogP contribution in [-0.4, -0.2) is 5.91 Å². The van der Waals surface area contributed by atoms with Crippen molar-refractivity contribution >= 4 is 11.6 Å². The first kappa shape index (κ1) is 12.0. The average molecular weight is 242 g/mol. The molecule has 4 nitrogen and oxygen atoms in total. The van der Waals surface area contributed by atoms with Gasteiger partial charge < -0.3 is 16.2 Å². The van der Waals surface area contributed by atoms with Crippen molar-refractivity contribution in [2.75, 3.05) is 5.73 Å². The molecule has 2 aromatic rings. The SMILES string of the molecule is Cc1cc(Oc2ccccc2C(N)=O)ccc1N. The van der Waals surface area contributed by atoms with Crippen LogP contribution in [0.2, 0.25) is 0 Å². The van der Waals surface area contributed by atoms with Gasteiger partial charge >= 0.3 is 0 Å². The molecular weight excluding hydrogens is 228 g/mol. The number of hydrogen-bond donors (Lipinski definition) is 2. The molecule has 92 valence electrons. The van der Waals surface area contributed by atoms with Crippen molar-refractivity contribution in [3.63, 3.8) is 0 Å². The van der Waals surface area contributed by atoms with E-state index < -0.39 is 5.91 Å². The summed E-state index contributed by atoms with van der Waals surface area (Å²) in [6, 6.07) is 12.2. The van der Waals surface area contributed by atoms with Gasteiger partial charge in [-0.1, -0.05) is 12.1 Å². The zero-order chi connectivity index (χ0) is 13.1. The molecule has 0 radical (unpaired) electrons. The molecule has 0 aliphatic carbocycles. The summed E-state index contributed by atoms with van der Waals surface area (Å²) in [4.78, 5) is 11.3. The maximum Gasteiger partial charge on any atom is 0.252 e. The predicted octanol–water partition coefficient (Wildman–Crippen LogP) is 2.47. The molecule has 4 heteroatoms. The van der Waals surface area contributed by atoms with Gasteiger partial charge in [-0.05, 0) is 42.8 Å². The van der Waals surface area contributed by atoms with Gasteiger partial charge in [0, 0.05) is 5.69 Å². The molecule has 0 atom stereocenters. The molecule has 0 aliphatic heterocycles. The molecule has 2 rings (SSSR count). The first-order valence-electron chi connectivity index (χ1n) is 5.51. The molecule has 0 saturated heterocycles. The quantitative estimate of drug-likeness (QED) is 0.811. The number of ether oxygens (including phenoxy) is 1. The number of aryl methyl sites for hydroxylation is 1. The Morgan fingerprint density at radius 2 is 1.89 bits per heavy atom. The Labute approximate surface area is 105 Å². The van der Waals surface area contributed by atoms with Crippen LogP contribution in [0.25, 0.3) is 0 Å². The Morgan fingerprint density at radius 3 is 2.56 bits per heavy atom. The van der Waals surface area contributed by atoms with Crippen LogP contribution >= 0.6 is 0 Å². The van der Waals surface area contributed by atoms with Crippen molar-refractivity contribution < 1.29 is 9.53 Å². The van der Waals surface area contributed by atoms with E-state index in [2.05, 4.69) is 0 Å². The number of carbonyl (C=O) groups is 1. The Hall–Kier alpha value is -2.49. The second kappa shape index (κ2) is 4.79. The van der Waals surface area contributed by atoms with Gasteiger partial charge in [0.15, 0.2) is 0 Å². The van der Waals surface area contributed by atoms with Crippen LogP contribution in [0.4, 0.5) is 5.69 Å². The maximum absolute atomic E-state index is 11.3. The van der Waals surface area contributed by atoms with Gasteiger partial charge in [0.25, 0.3) is 5.91 Å². The molecule has 0 unspecified atom stereocenters. The van der Waals surface area contributed by atoms with Gasteiger partial charge in [0.1, 0.15) is 11.5 Å². The third kappa shape index (κ3) is 2.43. The molecule has 0 heterocycles. The number of para-hydroxylation sites is 1. The number of nitrogen functional groups attached to an aromatic ring is 1. The summed E-state index contributed by atoms with van der Waals surface area (Å²) in [5.74, 6) is 0.544. The number of benzene rings is 2. The van der Waals surface area contributed by atoms with Crippen LogP contribution in [0.1, 0.15) is 15.9 Å². The Morgan fingerprint density at radius 1 is 1.17 bits per heavy atom. The number of primary amides is 1. The van der Waals surface area contributed by atoms with Gasteiger partial charge in [-0.15, -0.1) is 0 Å². The molecule has 0 saturated carbocycles. The fourth-order valence-corrected chi connectivity index (χ4v) is 1.60. The fraction of sp³-hybridized carbons (Fsp3) is 0.0714. The summed E-state index contributed by atoms with van der Waals surface area (Å²) in [7, 11) is 0. The molecule has 4 N–H and O–H groups in total. The molecule has 2 aromatic carbocycles. The molecule has 0 aliphatic rings. The highest BCUT2D eigenvalue weighted by Crippen LogP contribution is 2.27. The van der Waals surface area contributed by atoms with Crippen LogP contribution in [0, 0.1) is 6.92 Å². The standard InChI is InChI=1S/C14H14N2O2/c1-9-8-10(6-7-12(9)15)18-13-5-3-2-4-11(13)14(16)17/h2-8H,15H2,1H3,(H2,16,17). The summed E-state index contributed by atoms with van der Waals surface area (Å²) in [5.41, 5.74) is 13.0. The van der Waals surface area contributed by atoms with Crippen molar-refractivity contribution in [1.29, 1.82) is 0 Å². The second-order valence-electron chi connectivity index (χ2n) is 3.98. The first-order chi connectivity index (χ1) is 8.58. The lowest BCUT2D eigenvalue weighted by molar-refractivity contribution is 0.0998. The monoisotopic (exact) mass is 242 g/mol. The van der Waals surface area contributed by atoms with Gasteiger partial charge in [0.05, 0.1) is 5.56 Å². The Kier molecular flexibility index (Phi) is 3.19. The van der Waals surface area contributed by atoms with Crippen molar-refractivity contribution in [3.8, 4) is 11.5 Å². The zero-order valence-electron chi connectivity index (χ0n) is 10.0. The van der Waals surface area contributed by atoms with Crippen LogP contribution in [0.3, 0.4) is 0 Å². The van der Waals surface area contributed by atoms with E-state index >= 15 is 0 Å². The number of carbonyl (C=O) groups excluding carboxylic acids is 1. The first-order valence-corrected chi connectivity index (χ1v) is 5.51. The van der Waals surface area contributed by atoms with E-state index in [0.717, 1.165) is 5.56 Å². The predicted molar refractivity (Wildman–Crippen MR) is 70.6 cm³/mol. The Bertz CT molecular complexity index is 594. The summed E-state index contributed by atoms with van der Waals surface area (Å²) in [6.45, 7) is 1.89. The van der Waals surface area contributed by atoms with Gasteiger partial charge in [-0.3, -0.25) is 4.79 Å². The van der Waals surface area contributed by atoms with E-state index in [1.807, 2.05) is 13.0 Å². The van der Waals surface area contributed by atoms with E-state index in [4.69, 9.17) is 16.2 Å². The third-order valence-electron chi connectivity index (χ3n) is 2.62. The van der Waals surface area contributed by atoms with E-state index in [0.29, 0.717) is 22.7 Å². The lowest BCUT2D eigenvalue weighted by Crippen LogP contribution is -2.11. The van der Waals surface area contributed by atoms with Crippen LogP contribution in [0.15, 0.2) is 42.5 Å². The van der Waals surface area contributed by atoms with E-state index in [1.165, 1.54) is 0 Å². The number of hydrogen-bond acceptors (Lipinski definition) is 3. The molecule has 0 fully saturated rings. The summed E-state index contributed by atoms with van der Waals surface area (Å²) in [6.07, 6.45) is 0. The topological polar surface area (TPSA) is 78.3 Å². The van der Waals surface area contributed by atoms with Gasteiger partial charge in [-0.2, -0.15) is 0 Å². The minimum Gasteiger partial charge on any atom is -0.457 e. The van der Waals surface area contributed by atoms with Crippen molar-refractivity contribution in [2.45, 2.75) is 6.92 Å². The van der Waals surface area contributed by atoms with E-state index in [9.17, 15) is 4.79 Å².